The fourth-order valence-corrected chi connectivity index (χ4v) is 4.33. The van der Waals surface area contributed by atoms with Crippen molar-refractivity contribution in [2.75, 3.05) is 12.4 Å². The smallest absolute Gasteiger partial charge is 0.260 e. The molecule has 10 heteroatoms. The van der Waals surface area contributed by atoms with E-state index in [2.05, 4.69) is 25.5 Å². The summed E-state index contributed by atoms with van der Waals surface area (Å²) in [6.07, 6.45) is 3.22. The van der Waals surface area contributed by atoms with Crippen molar-refractivity contribution in [3.63, 3.8) is 0 Å². The second-order valence-corrected chi connectivity index (χ2v) is 8.12. The number of anilines is 1. The molecule has 0 atom stereocenters. The van der Waals surface area contributed by atoms with Crippen LogP contribution in [-0.4, -0.2) is 42.5 Å². The summed E-state index contributed by atoms with van der Waals surface area (Å²) >= 11 is 1.47. The first-order valence-electron chi connectivity index (χ1n) is 9.82. The lowest BCUT2D eigenvalue weighted by molar-refractivity contribution is 0.102. The van der Waals surface area contributed by atoms with Gasteiger partial charge >= 0.3 is 0 Å². The molecular weight excluding hydrogens is 426 g/mol. The number of amides is 1. The summed E-state index contributed by atoms with van der Waals surface area (Å²) in [6, 6.07) is 13.0. The normalized spacial score (nSPS) is 11.1. The molecule has 5 aromatic rings. The molecule has 4 aromatic heterocycles. The summed E-state index contributed by atoms with van der Waals surface area (Å²) in [6.45, 7) is 3.70. The second-order valence-electron chi connectivity index (χ2n) is 7.11. The molecule has 32 heavy (non-hydrogen) atoms. The molecule has 0 fully saturated rings. The van der Waals surface area contributed by atoms with Crippen LogP contribution in [0, 0.1) is 13.8 Å². The SMILES string of the molecule is COc1ccc2nc(-n3nc(C)cc3NC(=O)c3cnn(-c4ccccn4)c3C)sc2c1. The lowest BCUT2D eigenvalue weighted by Gasteiger charge is -2.07. The van der Waals surface area contributed by atoms with Crippen LogP contribution in [0.2, 0.25) is 0 Å². The summed E-state index contributed by atoms with van der Waals surface area (Å²) in [4.78, 5) is 22.0. The Morgan fingerprint density at radius 2 is 2.00 bits per heavy atom. The van der Waals surface area contributed by atoms with Crippen LogP contribution in [0.15, 0.2) is 54.9 Å². The number of methoxy groups -OCH3 is 1. The van der Waals surface area contributed by atoms with Gasteiger partial charge in [0, 0.05) is 12.3 Å². The predicted octanol–water partition coefficient (Wildman–Crippen LogP) is 3.94. The highest BCUT2D eigenvalue weighted by atomic mass is 32.1. The molecule has 5 rings (SSSR count). The molecule has 9 nitrogen and oxygen atoms in total. The number of ether oxygens (including phenoxy) is 1. The number of carbonyl (C=O) groups excluding carboxylic acids is 1. The standard InChI is InChI=1S/C22H19N7O2S/c1-13-10-20(29(27-13)22-25-17-8-7-15(31-3)11-18(17)32-22)26-21(30)16-12-24-28(14(16)2)19-6-4-5-9-23-19/h4-12H,1-3H3,(H,26,30). The van der Waals surface area contributed by atoms with Crippen LogP contribution in [0.5, 0.6) is 5.75 Å². The highest BCUT2D eigenvalue weighted by molar-refractivity contribution is 7.20. The summed E-state index contributed by atoms with van der Waals surface area (Å²) in [5.41, 5.74) is 2.74. The Morgan fingerprint density at radius 3 is 2.78 bits per heavy atom. The van der Waals surface area contributed by atoms with Gasteiger partial charge < -0.3 is 10.1 Å². The maximum atomic E-state index is 13.1. The third-order valence-corrected chi connectivity index (χ3v) is 5.95. The molecule has 0 saturated carbocycles. The number of carbonyl (C=O) groups is 1. The van der Waals surface area contributed by atoms with Gasteiger partial charge in [0.25, 0.3) is 5.91 Å². The summed E-state index contributed by atoms with van der Waals surface area (Å²) in [5, 5.41) is 12.5. The minimum absolute atomic E-state index is 0.284. The van der Waals surface area contributed by atoms with Crippen molar-refractivity contribution in [2.45, 2.75) is 13.8 Å². The number of benzene rings is 1. The van der Waals surface area contributed by atoms with Gasteiger partial charge in [-0.25, -0.2) is 14.6 Å². The summed E-state index contributed by atoms with van der Waals surface area (Å²) in [7, 11) is 1.63. The van der Waals surface area contributed by atoms with E-state index >= 15 is 0 Å². The van der Waals surface area contributed by atoms with Gasteiger partial charge in [-0.15, -0.1) is 0 Å². The van der Waals surface area contributed by atoms with Crippen LogP contribution >= 0.6 is 11.3 Å². The number of aryl methyl sites for hydroxylation is 1. The molecule has 0 aliphatic rings. The van der Waals surface area contributed by atoms with E-state index in [1.807, 2.05) is 56.3 Å². The third-order valence-electron chi connectivity index (χ3n) is 4.96. The second kappa shape index (κ2) is 7.89. The zero-order valence-corrected chi connectivity index (χ0v) is 18.4. The largest absolute Gasteiger partial charge is 0.497 e. The monoisotopic (exact) mass is 445 g/mol. The topological polar surface area (TPSA) is 99.7 Å². The van der Waals surface area contributed by atoms with Gasteiger partial charge in [-0.05, 0) is 44.2 Å². The van der Waals surface area contributed by atoms with Crippen LogP contribution in [-0.2, 0) is 0 Å². The molecule has 0 bridgehead atoms. The Labute approximate surface area is 187 Å². The number of hydrogen-bond acceptors (Lipinski definition) is 7. The van der Waals surface area contributed by atoms with E-state index in [1.165, 1.54) is 17.5 Å². The molecule has 1 N–H and O–H groups in total. The van der Waals surface area contributed by atoms with Crippen molar-refractivity contribution < 1.29 is 9.53 Å². The van der Waals surface area contributed by atoms with Crippen molar-refractivity contribution in [3.8, 4) is 16.7 Å². The fraction of sp³-hybridized carbons (Fsp3) is 0.136. The Bertz CT molecular complexity index is 1440. The van der Waals surface area contributed by atoms with E-state index in [-0.39, 0.29) is 5.91 Å². The lowest BCUT2D eigenvalue weighted by Crippen LogP contribution is -2.16. The summed E-state index contributed by atoms with van der Waals surface area (Å²) < 4.78 is 9.55. The Hall–Kier alpha value is -4.05. The number of thiazole rings is 1. The number of pyridine rings is 1. The molecule has 160 valence electrons. The van der Waals surface area contributed by atoms with E-state index in [9.17, 15) is 4.79 Å². The maximum Gasteiger partial charge on any atom is 0.260 e. The van der Waals surface area contributed by atoms with E-state index in [4.69, 9.17) is 4.74 Å². The van der Waals surface area contributed by atoms with Crippen molar-refractivity contribution in [1.82, 2.24) is 29.5 Å². The van der Waals surface area contributed by atoms with Gasteiger partial charge in [0.05, 0.1) is 40.5 Å². The number of rotatable bonds is 5. The molecule has 0 unspecified atom stereocenters. The van der Waals surface area contributed by atoms with Crippen molar-refractivity contribution >= 4 is 33.3 Å². The first-order valence-corrected chi connectivity index (χ1v) is 10.6. The van der Waals surface area contributed by atoms with Crippen LogP contribution < -0.4 is 10.1 Å². The van der Waals surface area contributed by atoms with Crippen LogP contribution in [0.1, 0.15) is 21.7 Å². The van der Waals surface area contributed by atoms with Gasteiger partial charge in [0.15, 0.2) is 5.82 Å². The fourth-order valence-electron chi connectivity index (χ4n) is 3.37. The molecule has 0 aliphatic carbocycles. The quantitative estimate of drug-likeness (QED) is 0.440. The number of fused-ring (bicyclic) bond motifs is 1. The lowest BCUT2D eigenvalue weighted by atomic mass is 10.2. The number of aromatic nitrogens is 6. The van der Waals surface area contributed by atoms with Crippen molar-refractivity contribution in [3.05, 3.63) is 71.8 Å². The first-order chi connectivity index (χ1) is 15.5. The summed E-state index contributed by atoms with van der Waals surface area (Å²) in [5.74, 6) is 1.66. The van der Waals surface area contributed by atoms with Crippen LogP contribution in [0.25, 0.3) is 21.2 Å². The number of nitrogens with one attached hydrogen (secondary N) is 1. The van der Waals surface area contributed by atoms with Crippen molar-refractivity contribution in [2.24, 2.45) is 0 Å². The van der Waals surface area contributed by atoms with E-state index in [0.29, 0.717) is 28.0 Å². The molecule has 0 aliphatic heterocycles. The zero-order valence-electron chi connectivity index (χ0n) is 17.6. The maximum absolute atomic E-state index is 13.1. The third kappa shape index (κ3) is 3.50. The highest BCUT2D eigenvalue weighted by Crippen LogP contribution is 2.30. The zero-order chi connectivity index (χ0) is 22.2. The van der Waals surface area contributed by atoms with Gasteiger partial charge in [-0.1, -0.05) is 17.4 Å². The van der Waals surface area contributed by atoms with Crippen molar-refractivity contribution in [1.29, 1.82) is 0 Å². The predicted molar refractivity (Wildman–Crippen MR) is 122 cm³/mol. The van der Waals surface area contributed by atoms with Crippen LogP contribution in [0.4, 0.5) is 5.82 Å². The number of hydrogen-bond donors (Lipinski definition) is 1. The van der Waals surface area contributed by atoms with E-state index < -0.39 is 0 Å². The molecule has 4 heterocycles. The van der Waals surface area contributed by atoms with E-state index in [1.54, 1.807) is 22.7 Å². The van der Waals surface area contributed by atoms with Crippen LogP contribution in [0.3, 0.4) is 0 Å². The Balaban J connectivity index is 1.46. The van der Waals surface area contributed by atoms with Gasteiger partial charge in [0.1, 0.15) is 11.6 Å². The Morgan fingerprint density at radius 1 is 1.12 bits per heavy atom. The molecular formula is C22H19N7O2S. The minimum atomic E-state index is -0.284. The highest BCUT2D eigenvalue weighted by Gasteiger charge is 2.19. The average molecular weight is 446 g/mol. The van der Waals surface area contributed by atoms with Gasteiger partial charge in [-0.3, -0.25) is 4.79 Å². The first kappa shape index (κ1) is 19.9. The molecule has 0 spiro atoms. The van der Waals surface area contributed by atoms with E-state index in [0.717, 1.165) is 21.7 Å². The molecule has 1 aromatic carbocycles. The van der Waals surface area contributed by atoms with Gasteiger partial charge in [-0.2, -0.15) is 14.9 Å². The molecule has 1 amide bonds. The minimum Gasteiger partial charge on any atom is -0.497 e. The number of nitrogens with zero attached hydrogens (tertiary/aromatic N) is 6. The Kier molecular flexibility index (Phi) is 4.91. The molecule has 0 saturated heterocycles. The average Bonchev–Trinajstić information content (AvgIpc) is 3.49. The molecule has 0 radical (unpaired) electrons. The van der Waals surface area contributed by atoms with Gasteiger partial charge in [0.2, 0.25) is 5.13 Å².